The summed E-state index contributed by atoms with van der Waals surface area (Å²) in [6.45, 7) is 10.6. The van der Waals surface area contributed by atoms with Crippen LogP contribution in [-0.2, 0) is 0 Å². The summed E-state index contributed by atoms with van der Waals surface area (Å²) in [6, 6.07) is 4.93. The van der Waals surface area contributed by atoms with E-state index in [1.54, 1.807) is 18.2 Å². The number of benzene rings is 1. The molecule has 2 N–H and O–H groups in total. The molecule has 0 radical (unpaired) electrons. The number of likely N-dealkylation sites (N-methyl/N-ethyl adjacent to an activating group) is 1. The molecular weight excluding hydrogens is 268 g/mol. The van der Waals surface area contributed by atoms with E-state index in [-0.39, 0.29) is 5.56 Å². The van der Waals surface area contributed by atoms with Crippen LogP contribution < -0.4 is 10.1 Å². The Kier molecular flexibility index (Phi) is 7.61. The number of hydrogen-bond acceptors (Lipinski definition) is 4. The first kappa shape index (κ1) is 17.3. The van der Waals surface area contributed by atoms with Crippen LogP contribution in [0.15, 0.2) is 18.2 Å². The third-order valence-corrected chi connectivity index (χ3v) is 3.33. The standard InChI is InChI=1S/C16H26N2O3/c1-4-11-21-15-8-7-13(16(19)20)12-14(15)17-9-10-18(5-2)6-3/h7-8,12,17H,4-6,9-11H2,1-3H3,(H,19,20). The zero-order valence-corrected chi connectivity index (χ0v) is 13.2. The van der Waals surface area contributed by atoms with Crippen LogP contribution in [0.5, 0.6) is 5.75 Å². The first-order valence-electron chi connectivity index (χ1n) is 7.58. The molecule has 5 heteroatoms. The molecule has 1 aromatic carbocycles. The number of aromatic carboxylic acids is 1. The van der Waals surface area contributed by atoms with E-state index in [9.17, 15) is 4.79 Å². The van der Waals surface area contributed by atoms with Gasteiger partial charge in [-0.2, -0.15) is 0 Å². The van der Waals surface area contributed by atoms with E-state index in [0.29, 0.717) is 12.4 Å². The molecule has 0 saturated carbocycles. The fraction of sp³-hybridized carbons (Fsp3) is 0.562. The number of carboxylic acid groups (broad SMARTS) is 1. The molecule has 0 atom stereocenters. The summed E-state index contributed by atoms with van der Waals surface area (Å²) < 4.78 is 5.66. The predicted molar refractivity (Wildman–Crippen MR) is 85.5 cm³/mol. The van der Waals surface area contributed by atoms with Crippen molar-refractivity contribution in [1.82, 2.24) is 4.90 Å². The molecule has 0 heterocycles. The Balaban J connectivity index is 2.75. The maximum atomic E-state index is 11.1. The molecule has 0 aliphatic rings. The summed E-state index contributed by atoms with van der Waals surface area (Å²) in [4.78, 5) is 13.4. The summed E-state index contributed by atoms with van der Waals surface area (Å²) in [5, 5.41) is 12.4. The molecular formula is C16H26N2O3. The summed E-state index contributed by atoms with van der Waals surface area (Å²) in [5.74, 6) is -0.217. The number of rotatable bonds is 10. The van der Waals surface area contributed by atoms with Crippen LogP contribution in [0.2, 0.25) is 0 Å². The quantitative estimate of drug-likeness (QED) is 0.695. The molecule has 118 valence electrons. The highest BCUT2D eigenvalue weighted by Crippen LogP contribution is 2.26. The van der Waals surface area contributed by atoms with E-state index in [2.05, 4.69) is 24.1 Å². The third kappa shape index (κ3) is 5.63. The van der Waals surface area contributed by atoms with E-state index in [0.717, 1.165) is 38.3 Å². The van der Waals surface area contributed by atoms with Crippen molar-refractivity contribution in [3.8, 4) is 5.75 Å². The average molecular weight is 294 g/mol. The van der Waals surface area contributed by atoms with Crippen molar-refractivity contribution in [2.75, 3.05) is 38.1 Å². The van der Waals surface area contributed by atoms with Crippen molar-refractivity contribution in [3.63, 3.8) is 0 Å². The molecule has 0 fully saturated rings. The van der Waals surface area contributed by atoms with Crippen molar-refractivity contribution < 1.29 is 14.6 Å². The third-order valence-electron chi connectivity index (χ3n) is 3.33. The van der Waals surface area contributed by atoms with Crippen LogP contribution in [0.25, 0.3) is 0 Å². The molecule has 5 nitrogen and oxygen atoms in total. The Labute approximate surface area is 126 Å². The lowest BCUT2D eigenvalue weighted by atomic mass is 10.2. The zero-order chi connectivity index (χ0) is 15.7. The van der Waals surface area contributed by atoms with Gasteiger partial charge in [0, 0.05) is 13.1 Å². The summed E-state index contributed by atoms with van der Waals surface area (Å²) in [5.41, 5.74) is 1.01. The van der Waals surface area contributed by atoms with Gasteiger partial charge in [0.15, 0.2) is 0 Å². The molecule has 1 aromatic rings. The van der Waals surface area contributed by atoms with Gasteiger partial charge in [-0.1, -0.05) is 20.8 Å². The van der Waals surface area contributed by atoms with Crippen LogP contribution in [0.3, 0.4) is 0 Å². The highest BCUT2D eigenvalue weighted by Gasteiger charge is 2.09. The lowest BCUT2D eigenvalue weighted by molar-refractivity contribution is 0.0697. The minimum atomic E-state index is -0.927. The molecule has 0 saturated heterocycles. The average Bonchev–Trinajstić information content (AvgIpc) is 2.50. The first-order valence-corrected chi connectivity index (χ1v) is 7.58. The number of nitrogens with one attached hydrogen (secondary N) is 1. The summed E-state index contributed by atoms with van der Waals surface area (Å²) in [6.07, 6.45) is 0.916. The van der Waals surface area contributed by atoms with Gasteiger partial charge in [-0.3, -0.25) is 0 Å². The molecule has 0 bridgehead atoms. The maximum absolute atomic E-state index is 11.1. The second-order valence-electron chi connectivity index (χ2n) is 4.82. The smallest absolute Gasteiger partial charge is 0.335 e. The van der Waals surface area contributed by atoms with Crippen LogP contribution in [0, 0.1) is 0 Å². The van der Waals surface area contributed by atoms with Crippen LogP contribution in [0.1, 0.15) is 37.6 Å². The molecule has 0 amide bonds. The van der Waals surface area contributed by atoms with Gasteiger partial charge in [0.25, 0.3) is 0 Å². The molecule has 0 spiro atoms. The van der Waals surface area contributed by atoms with Gasteiger partial charge in [-0.05, 0) is 37.7 Å². The van der Waals surface area contributed by atoms with Crippen LogP contribution in [-0.4, -0.2) is 48.8 Å². The van der Waals surface area contributed by atoms with Gasteiger partial charge < -0.3 is 20.1 Å². The largest absolute Gasteiger partial charge is 0.491 e. The van der Waals surface area contributed by atoms with Crippen LogP contribution >= 0.6 is 0 Å². The first-order chi connectivity index (χ1) is 10.1. The highest BCUT2D eigenvalue weighted by atomic mass is 16.5. The van der Waals surface area contributed by atoms with Gasteiger partial charge in [0.2, 0.25) is 0 Å². The van der Waals surface area contributed by atoms with Gasteiger partial charge >= 0.3 is 5.97 Å². The number of nitrogens with zero attached hydrogens (tertiary/aromatic N) is 1. The molecule has 0 aliphatic heterocycles. The molecule has 1 rings (SSSR count). The molecule has 0 unspecified atom stereocenters. The fourth-order valence-corrected chi connectivity index (χ4v) is 2.03. The Morgan fingerprint density at radius 3 is 2.57 bits per heavy atom. The van der Waals surface area contributed by atoms with Crippen molar-refractivity contribution in [2.45, 2.75) is 27.2 Å². The predicted octanol–water partition coefficient (Wildman–Crippen LogP) is 2.93. The highest BCUT2D eigenvalue weighted by molar-refractivity contribution is 5.89. The van der Waals surface area contributed by atoms with Crippen LogP contribution in [0.4, 0.5) is 5.69 Å². The zero-order valence-electron chi connectivity index (χ0n) is 13.2. The number of carboxylic acids is 1. The lowest BCUT2D eigenvalue weighted by Gasteiger charge is -2.19. The van der Waals surface area contributed by atoms with Crippen molar-refractivity contribution >= 4 is 11.7 Å². The van der Waals surface area contributed by atoms with E-state index in [4.69, 9.17) is 9.84 Å². The van der Waals surface area contributed by atoms with Gasteiger partial charge in [0.05, 0.1) is 17.9 Å². The van der Waals surface area contributed by atoms with E-state index in [1.165, 1.54) is 0 Å². The van der Waals surface area contributed by atoms with E-state index < -0.39 is 5.97 Å². The summed E-state index contributed by atoms with van der Waals surface area (Å²) >= 11 is 0. The van der Waals surface area contributed by atoms with Gasteiger partial charge in [-0.15, -0.1) is 0 Å². The Bertz CT molecular complexity index is 445. The topological polar surface area (TPSA) is 61.8 Å². The SMILES string of the molecule is CCCOc1ccc(C(=O)O)cc1NCCN(CC)CC. The van der Waals surface area contributed by atoms with Gasteiger partial charge in [-0.25, -0.2) is 4.79 Å². The monoisotopic (exact) mass is 294 g/mol. The second-order valence-corrected chi connectivity index (χ2v) is 4.82. The lowest BCUT2D eigenvalue weighted by Crippen LogP contribution is -2.28. The summed E-state index contributed by atoms with van der Waals surface area (Å²) in [7, 11) is 0. The fourth-order valence-electron chi connectivity index (χ4n) is 2.03. The van der Waals surface area contributed by atoms with E-state index in [1.807, 2.05) is 6.92 Å². The number of carbonyl (C=O) groups is 1. The van der Waals surface area contributed by atoms with E-state index >= 15 is 0 Å². The minimum absolute atomic E-state index is 0.268. The Morgan fingerprint density at radius 2 is 2.00 bits per heavy atom. The second kappa shape index (κ2) is 9.23. The molecule has 0 aromatic heterocycles. The minimum Gasteiger partial charge on any atom is -0.491 e. The molecule has 21 heavy (non-hydrogen) atoms. The number of ether oxygens (including phenoxy) is 1. The van der Waals surface area contributed by atoms with Crippen molar-refractivity contribution in [3.05, 3.63) is 23.8 Å². The number of anilines is 1. The normalized spacial score (nSPS) is 10.7. The maximum Gasteiger partial charge on any atom is 0.335 e. The molecule has 0 aliphatic carbocycles. The van der Waals surface area contributed by atoms with Gasteiger partial charge in [0.1, 0.15) is 5.75 Å². The van der Waals surface area contributed by atoms with Crippen molar-refractivity contribution in [1.29, 1.82) is 0 Å². The van der Waals surface area contributed by atoms with Crippen molar-refractivity contribution in [2.24, 2.45) is 0 Å². The Morgan fingerprint density at radius 1 is 1.29 bits per heavy atom. The Hall–Kier alpha value is -1.75. The number of hydrogen-bond donors (Lipinski definition) is 2.